The SMILES string of the molecule is O=C(O)C1(CN2CC3CNCCC3(F)C2=O)CCC1. The zero-order valence-corrected chi connectivity index (χ0v) is 10.8. The molecule has 2 aliphatic heterocycles. The van der Waals surface area contributed by atoms with E-state index in [1.165, 1.54) is 4.90 Å². The van der Waals surface area contributed by atoms with E-state index >= 15 is 0 Å². The first-order valence-electron chi connectivity index (χ1n) is 6.90. The van der Waals surface area contributed by atoms with E-state index in [2.05, 4.69) is 5.32 Å². The number of likely N-dealkylation sites (tertiary alicyclic amines) is 1. The summed E-state index contributed by atoms with van der Waals surface area (Å²) in [4.78, 5) is 25.0. The predicted molar refractivity (Wildman–Crippen MR) is 65.3 cm³/mol. The van der Waals surface area contributed by atoms with Crippen LogP contribution in [0.15, 0.2) is 0 Å². The zero-order chi connectivity index (χ0) is 13.7. The molecular formula is C13H19FN2O3. The molecule has 2 atom stereocenters. The third-order valence-electron chi connectivity index (χ3n) is 5.04. The minimum Gasteiger partial charge on any atom is -0.481 e. The zero-order valence-electron chi connectivity index (χ0n) is 10.8. The number of carboxylic acids is 1. The van der Waals surface area contributed by atoms with Crippen molar-refractivity contribution in [2.24, 2.45) is 11.3 Å². The van der Waals surface area contributed by atoms with Crippen molar-refractivity contribution in [1.82, 2.24) is 10.2 Å². The lowest BCUT2D eigenvalue weighted by atomic mass is 9.68. The van der Waals surface area contributed by atoms with Gasteiger partial charge in [-0.05, 0) is 19.4 Å². The Labute approximate surface area is 111 Å². The summed E-state index contributed by atoms with van der Waals surface area (Å²) in [5.74, 6) is -1.68. The van der Waals surface area contributed by atoms with Crippen molar-refractivity contribution in [3.05, 3.63) is 0 Å². The molecule has 19 heavy (non-hydrogen) atoms. The van der Waals surface area contributed by atoms with Gasteiger partial charge in [-0.15, -0.1) is 0 Å². The lowest BCUT2D eigenvalue weighted by molar-refractivity contribution is -0.158. The van der Waals surface area contributed by atoms with Crippen LogP contribution in [0, 0.1) is 11.3 Å². The molecule has 3 fully saturated rings. The van der Waals surface area contributed by atoms with Crippen molar-refractivity contribution in [3.8, 4) is 0 Å². The van der Waals surface area contributed by atoms with Crippen LogP contribution in [0.1, 0.15) is 25.7 Å². The number of aliphatic carboxylic acids is 1. The second kappa shape index (κ2) is 4.16. The summed E-state index contributed by atoms with van der Waals surface area (Å²) in [6.07, 6.45) is 2.26. The van der Waals surface area contributed by atoms with Gasteiger partial charge in [-0.25, -0.2) is 4.39 Å². The van der Waals surface area contributed by atoms with Crippen LogP contribution >= 0.6 is 0 Å². The van der Waals surface area contributed by atoms with E-state index in [1.54, 1.807) is 0 Å². The molecule has 1 amide bonds. The molecule has 2 N–H and O–H groups in total. The largest absolute Gasteiger partial charge is 0.481 e. The molecule has 6 heteroatoms. The average Bonchev–Trinajstić information content (AvgIpc) is 2.57. The molecule has 2 saturated heterocycles. The second-order valence-electron chi connectivity index (χ2n) is 6.14. The number of hydrogen-bond acceptors (Lipinski definition) is 3. The number of carboxylic acid groups (broad SMARTS) is 1. The molecule has 3 aliphatic rings. The Bertz CT molecular complexity index is 424. The Hall–Kier alpha value is -1.17. The van der Waals surface area contributed by atoms with Gasteiger partial charge >= 0.3 is 5.97 Å². The van der Waals surface area contributed by atoms with Crippen LogP contribution < -0.4 is 5.32 Å². The highest BCUT2D eigenvalue weighted by molar-refractivity contribution is 5.89. The molecule has 3 rings (SSSR count). The standard InChI is InChI=1S/C13H19FN2O3/c14-13-4-5-15-6-9(13)7-16(10(13)17)8-12(11(18)19)2-1-3-12/h9,15H,1-8H2,(H,18,19). The van der Waals surface area contributed by atoms with Gasteiger partial charge < -0.3 is 15.3 Å². The molecule has 0 spiro atoms. The molecule has 0 bridgehead atoms. The first-order chi connectivity index (χ1) is 8.98. The van der Waals surface area contributed by atoms with Gasteiger partial charge in [0.25, 0.3) is 5.91 Å². The highest BCUT2D eigenvalue weighted by Gasteiger charge is 2.58. The van der Waals surface area contributed by atoms with Gasteiger partial charge in [0, 0.05) is 32.0 Å². The third-order valence-corrected chi connectivity index (χ3v) is 5.04. The molecule has 1 aliphatic carbocycles. The average molecular weight is 270 g/mol. The number of carbonyl (C=O) groups is 2. The van der Waals surface area contributed by atoms with E-state index in [-0.39, 0.29) is 18.9 Å². The lowest BCUT2D eigenvalue weighted by Gasteiger charge is -2.40. The van der Waals surface area contributed by atoms with Gasteiger partial charge in [0.2, 0.25) is 0 Å². The highest BCUT2D eigenvalue weighted by atomic mass is 19.1. The molecule has 5 nitrogen and oxygen atoms in total. The number of halogens is 1. The van der Waals surface area contributed by atoms with E-state index in [1.807, 2.05) is 0 Å². The predicted octanol–water partition coefficient (Wildman–Crippen LogP) is 0.401. The second-order valence-corrected chi connectivity index (χ2v) is 6.14. The van der Waals surface area contributed by atoms with Gasteiger partial charge in [-0.3, -0.25) is 9.59 Å². The monoisotopic (exact) mass is 270 g/mol. The minimum atomic E-state index is -1.77. The number of nitrogens with one attached hydrogen (secondary N) is 1. The maximum Gasteiger partial charge on any atom is 0.311 e. The summed E-state index contributed by atoms with van der Waals surface area (Å²) in [5, 5.41) is 12.4. The van der Waals surface area contributed by atoms with E-state index in [9.17, 15) is 19.1 Å². The van der Waals surface area contributed by atoms with E-state index in [0.717, 1.165) is 6.42 Å². The molecule has 0 radical (unpaired) electrons. The summed E-state index contributed by atoms with van der Waals surface area (Å²) in [6.45, 7) is 1.52. The van der Waals surface area contributed by atoms with Crippen LogP contribution in [0.5, 0.6) is 0 Å². The summed E-state index contributed by atoms with van der Waals surface area (Å²) < 4.78 is 14.7. The van der Waals surface area contributed by atoms with Crippen LogP contribution in [0.25, 0.3) is 0 Å². The number of nitrogens with zero attached hydrogens (tertiary/aromatic N) is 1. The summed E-state index contributed by atoms with van der Waals surface area (Å²) in [5.41, 5.74) is -2.60. The van der Waals surface area contributed by atoms with Gasteiger partial charge in [-0.1, -0.05) is 6.42 Å². The van der Waals surface area contributed by atoms with Gasteiger partial charge in [0.1, 0.15) is 0 Å². The fourth-order valence-electron chi connectivity index (χ4n) is 3.56. The molecule has 0 aromatic heterocycles. The number of carbonyl (C=O) groups excluding carboxylic acids is 1. The van der Waals surface area contributed by atoms with Crippen LogP contribution in [-0.4, -0.2) is 53.7 Å². The van der Waals surface area contributed by atoms with E-state index < -0.39 is 23.0 Å². The molecule has 106 valence electrons. The number of rotatable bonds is 3. The Balaban J connectivity index is 1.76. The van der Waals surface area contributed by atoms with Crippen LogP contribution in [0.3, 0.4) is 0 Å². The maximum atomic E-state index is 14.7. The number of piperidine rings is 1. The number of amides is 1. The Morgan fingerprint density at radius 3 is 2.74 bits per heavy atom. The summed E-state index contributed by atoms with van der Waals surface area (Å²) in [6, 6.07) is 0. The van der Waals surface area contributed by atoms with Gasteiger partial charge in [-0.2, -0.15) is 0 Å². The van der Waals surface area contributed by atoms with Crippen LogP contribution in [0.2, 0.25) is 0 Å². The minimum absolute atomic E-state index is 0.170. The third kappa shape index (κ3) is 1.76. The first kappa shape index (κ1) is 12.8. The lowest BCUT2D eigenvalue weighted by Crippen LogP contribution is -2.51. The number of fused-ring (bicyclic) bond motifs is 1. The van der Waals surface area contributed by atoms with Crippen molar-refractivity contribution in [3.63, 3.8) is 0 Å². The van der Waals surface area contributed by atoms with Crippen LogP contribution in [0.4, 0.5) is 4.39 Å². The molecule has 2 heterocycles. The van der Waals surface area contributed by atoms with Crippen LogP contribution in [-0.2, 0) is 9.59 Å². The summed E-state index contributed by atoms with van der Waals surface area (Å²) in [7, 11) is 0. The van der Waals surface area contributed by atoms with E-state index in [0.29, 0.717) is 32.5 Å². The van der Waals surface area contributed by atoms with Gasteiger partial charge in [0.15, 0.2) is 5.67 Å². The number of hydrogen-bond donors (Lipinski definition) is 2. The van der Waals surface area contributed by atoms with Crippen molar-refractivity contribution in [2.75, 3.05) is 26.2 Å². The fourth-order valence-corrected chi connectivity index (χ4v) is 3.56. The van der Waals surface area contributed by atoms with Crippen molar-refractivity contribution < 1.29 is 19.1 Å². The van der Waals surface area contributed by atoms with E-state index in [4.69, 9.17) is 0 Å². The normalized spacial score (nSPS) is 36.8. The molecule has 2 unspecified atom stereocenters. The number of alkyl halides is 1. The Kier molecular flexibility index (Phi) is 2.81. The molecule has 0 aromatic rings. The summed E-state index contributed by atoms with van der Waals surface area (Å²) >= 11 is 0. The van der Waals surface area contributed by atoms with Crippen molar-refractivity contribution in [2.45, 2.75) is 31.4 Å². The van der Waals surface area contributed by atoms with Gasteiger partial charge in [0.05, 0.1) is 5.41 Å². The molecule has 0 aromatic carbocycles. The topological polar surface area (TPSA) is 69.6 Å². The highest BCUT2D eigenvalue weighted by Crippen LogP contribution is 2.45. The molecule has 1 saturated carbocycles. The Morgan fingerprint density at radius 1 is 1.47 bits per heavy atom. The first-order valence-corrected chi connectivity index (χ1v) is 6.90. The van der Waals surface area contributed by atoms with Crippen molar-refractivity contribution in [1.29, 1.82) is 0 Å². The molecular weight excluding hydrogens is 251 g/mol. The van der Waals surface area contributed by atoms with Crippen molar-refractivity contribution >= 4 is 11.9 Å². The quantitative estimate of drug-likeness (QED) is 0.779. The Morgan fingerprint density at radius 2 is 2.21 bits per heavy atom. The maximum absolute atomic E-state index is 14.7. The smallest absolute Gasteiger partial charge is 0.311 e. The fraction of sp³-hybridized carbons (Fsp3) is 0.846.